The van der Waals surface area contributed by atoms with E-state index in [0.717, 1.165) is 19.5 Å². The number of aliphatic carboxylic acids is 1. The van der Waals surface area contributed by atoms with Crippen molar-refractivity contribution >= 4 is 15.8 Å². The van der Waals surface area contributed by atoms with Gasteiger partial charge in [0.1, 0.15) is 0 Å². The van der Waals surface area contributed by atoms with E-state index in [1.54, 1.807) is 0 Å². The van der Waals surface area contributed by atoms with Crippen molar-refractivity contribution in [2.75, 3.05) is 37.7 Å². The quantitative estimate of drug-likeness (QED) is 0.257. The minimum Gasteiger partial charge on any atom is -0.480 e. The molecule has 0 aromatic rings. The molecular formula is C43H65N3O4S. The number of nitrogens with one attached hydrogen (secondary N) is 1. The molecule has 0 amide bonds. The van der Waals surface area contributed by atoms with E-state index in [2.05, 4.69) is 76.6 Å². The number of sulfone groups is 1. The summed E-state index contributed by atoms with van der Waals surface area (Å²) in [4.78, 5) is 14.3. The highest BCUT2D eigenvalue weighted by atomic mass is 32.2. The minimum absolute atomic E-state index is 0.00549. The molecule has 8 heteroatoms. The Bertz CT molecular complexity index is 1660. The molecule has 0 aromatic heterocycles. The molecule has 7 rings (SSSR count). The molecule has 51 heavy (non-hydrogen) atoms. The van der Waals surface area contributed by atoms with Crippen LogP contribution >= 0.6 is 0 Å². The fourth-order valence-electron chi connectivity index (χ4n) is 14.5. The number of nitriles is 1. The van der Waals surface area contributed by atoms with Crippen LogP contribution in [0.15, 0.2) is 35.5 Å². The van der Waals surface area contributed by atoms with Crippen molar-refractivity contribution in [1.82, 2.24) is 10.2 Å². The third kappa shape index (κ3) is 5.59. The summed E-state index contributed by atoms with van der Waals surface area (Å²) >= 11 is 0. The molecule has 7 aliphatic rings. The zero-order valence-electron chi connectivity index (χ0n) is 32.5. The first-order chi connectivity index (χ1) is 23.9. The first-order valence-corrected chi connectivity index (χ1v) is 22.1. The summed E-state index contributed by atoms with van der Waals surface area (Å²) in [5.74, 6) is 2.63. The van der Waals surface area contributed by atoms with Gasteiger partial charge in [0.25, 0.3) is 0 Å². The van der Waals surface area contributed by atoms with Crippen LogP contribution in [0.2, 0.25) is 0 Å². The van der Waals surface area contributed by atoms with Crippen LogP contribution in [-0.4, -0.2) is 67.6 Å². The van der Waals surface area contributed by atoms with Crippen LogP contribution in [0.3, 0.4) is 0 Å². The molecule has 10 atom stereocenters. The summed E-state index contributed by atoms with van der Waals surface area (Å²) in [6, 6.07) is 2.13. The third-order valence-corrected chi connectivity index (χ3v) is 19.1. The van der Waals surface area contributed by atoms with Crippen molar-refractivity contribution in [3.05, 3.63) is 35.5 Å². The Kier molecular flexibility index (Phi) is 9.20. The first kappa shape index (κ1) is 37.4. The topological polar surface area (TPSA) is 111 Å². The second-order valence-corrected chi connectivity index (χ2v) is 22.0. The predicted molar refractivity (Wildman–Crippen MR) is 203 cm³/mol. The Hall–Kier alpha value is -1.95. The lowest BCUT2D eigenvalue weighted by Gasteiger charge is -2.72. The van der Waals surface area contributed by atoms with Gasteiger partial charge in [0, 0.05) is 31.7 Å². The lowest BCUT2D eigenvalue weighted by Crippen LogP contribution is -2.68. The molecule has 0 bridgehead atoms. The first-order valence-electron chi connectivity index (χ1n) is 20.3. The average Bonchev–Trinajstić information content (AvgIpc) is 3.46. The van der Waals surface area contributed by atoms with Crippen LogP contribution in [-0.2, 0) is 14.6 Å². The van der Waals surface area contributed by atoms with Crippen LogP contribution in [0.25, 0.3) is 0 Å². The molecule has 6 aliphatic carbocycles. The zero-order chi connectivity index (χ0) is 36.8. The van der Waals surface area contributed by atoms with Crippen LogP contribution in [0.5, 0.6) is 0 Å². The summed E-state index contributed by atoms with van der Waals surface area (Å²) in [6.07, 6.45) is 17.1. The Morgan fingerprint density at radius 3 is 2.31 bits per heavy atom. The Morgan fingerprint density at radius 1 is 0.961 bits per heavy atom. The van der Waals surface area contributed by atoms with Crippen molar-refractivity contribution in [2.24, 2.45) is 56.7 Å². The standard InChI is InChI=1S/C43H65N3O4S/c1-29(2)31-12-19-43(45-22-23-46-24-26-51(49,50)27-25-46)21-20-40(6)33(36(31)43)8-9-35-39(5)15-13-32(38(3,4)34(39)14-16-41(35,40)7)30-10-17-42(28-44,18-11-30)37(47)48/h10,13,31,33-36,45H,1,8-9,11-12,14-27H2,2-7H3,(H,47,48)/t31-,33+,34?,35+,36?,39-,40+,41+,42?,43-/m0/s1. The second kappa shape index (κ2) is 12.6. The number of hydrogen-bond donors (Lipinski definition) is 2. The van der Waals surface area contributed by atoms with Gasteiger partial charge in [0.15, 0.2) is 15.3 Å². The van der Waals surface area contributed by atoms with E-state index >= 15 is 0 Å². The van der Waals surface area contributed by atoms with E-state index in [1.165, 1.54) is 68.1 Å². The zero-order valence-corrected chi connectivity index (χ0v) is 33.3. The van der Waals surface area contributed by atoms with E-state index in [9.17, 15) is 23.6 Å². The van der Waals surface area contributed by atoms with E-state index in [-0.39, 0.29) is 27.2 Å². The van der Waals surface area contributed by atoms with Gasteiger partial charge >= 0.3 is 5.97 Å². The number of fused-ring (bicyclic) bond motifs is 7. The maximum absolute atomic E-state index is 12.0. The van der Waals surface area contributed by atoms with E-state index in [1.807, 2.05) is 0 Å². The monoisotopic (exact) mass is 719 g/mol. The van der Waals surface area contributed by atoms with Gasteiger partial charge in [-0.05, 0) is 146 Å². The molecule has 282 valence electrons. The normalized spacial score (nSPS) is 45.9. The predicted octanol–water partition coefficient (Wildman–Crippen LogP) is 7.96. The van der Waals surface area contributed by atoms with Crippen LogP contribution < -0.4 is 5.32 Å². The number of hydrogen-bond acceptors (Lipinski definition) is 6. The third-order valence-electron chi connectivity index (χ3n) is 17.5. The maximum Gasteiger partial charge on any atom is 0.324 e. The van der Waals surface area contributed by atoms with Gasteiger partial charge in [-0.1, -0.05) is 58.9 Å². The molecule has 1 aliphatic heterocycles. The SMILES string of the molecule is C=C(C)[C@@H]1CC[C@]2(NCCN3CCS(=O)(=O)CC3)CC[C@]3(C)[C@H](CC[C@@H]4[C@@]5(C)CC=C(C6=CCC(C#N)(C(=O)O)CC6)C(C)(C)C5CC[C@]43C)C12. The minimum atomic E-state index is -2.87. The van der Waals surface area contributed by atoms with Crippen molar-refractivity contribution in [3.63, 3.8) is 0 Å². The average molecular weight is 720 g/mol. The van der Waals surface area contributed by atoms with Crippen molar-refractivity contribution in [1.29, 1.82) is 5.26 Å². The van der Waals surface area contributed by atoms with Gasteiger partial charge in [0.05, 0.1) is 17.6 Å². The number of allylic oxidation sites excluding steroid dienone is 5. The smallest absolute Gasteiger partial charge is 0.324 e. The highest BCUT2D eigenvalue weighted by molar-refractivity contribution is 7.91. The number of carboxylic acid groups (broad SMARTS) is 1. The summed E-state index contributed by atoms with van der Waals surface area (Å²) in [5.41, 5.74) is 3.63. The summed E-state index contributed by atoms with van der Waals surface area (Å²) in [7, 11) is -2.87. The summed E-state index contributed by atoms with van der Waals surface area (Å²) in [5, 5.41) is 23.8. The van der Waals surface area contributed by atoms with Crippen LogP contribution in [0.1, 0.15) is 119 Å². The maximum atomic E-state index is 12.0. The van der Waals surface area contributed by atoms with Crippen molar-refractivity contribution in [3.8, 4) is 6.07 Å². The molecule has 0 radical (unpaired) electrons. The molecular weight excluding hydrogens is 655 g/mol. The number of carboxylic acids is 1. The van der Waals surface area contributed by atoms with Gasteiger partial charge < -0.3 is 15.3 Å². The van der Waals surface area contributed by atoms with Crippen LogP contribution in [0, 0.1) is 68.0 Å². The highest BCUT2D eigenvalue weighted by Crippen LogP contribution is 2.76. The van der Waals surface area contributed by atoms with Gasteiger partial charge in [-0.2, -0.15) is 5.26 Å². The molecule has 1 heterocycles. The summed E-state index contributed by atoms with van der Waals surface area (Å²) < 4.78 is 24.1. The van der Waals surface area contributed by atoms with Crippen LogP contribution in [0.4, 0.5) is 0 Å². The van der Waals surface area contributed by atoms with Crippen molar-refractivity contribution < 1.29 is 18.3 Å². The molecule has 0 aromatic carbocycles. The van der Waals surface area contributed by atoms with E-state index in [4.69, 9.17) is 0 Å². The number of carbonyl (C=O) groups is 1. The number of rotatable bonds is 7. The lowest BCUT2D eigenvalue weighted by atomic mass is 9.33. The molecule has 2 N–H and O–H groups in total. The van der Waals surface area contributed by atoms with Gasteiger partial charge in [-0.25, -0.2) is 8.42 Å². The molecule has 3 unspecified atom stereocenters. The molecule has 5 fully saturated rings. The fraction of sp³-hybridized carbons (Fsp3) is 0.814. The second-order valence-electron chi connectivity index (χ2n) is 19.7. The highest BCUT2D eigenvalue weighted by Gasteiger charge is 2.70. The van der Waals surface area contributed by atoms with Crippen molar-refractivity contribution in [2.45, 2.75) is 124 Å². The van der Waals surface area contributed by atoms with Gasteiger partial charge in [0.2, 0.25) is 0 Å². The Labute approximate surface area is 308 Å². The molecule has 0 spiro atoms. The Morgan fingerprint density at radius 2 is 1.69 bits per heavy atom. The molecule has 1 saturated heterocycles. The fourth-order valence-corrected chi connectivity index (χ4v) is 15.8. The van der Waals surface area contributed by atoms with E-state index in [0.29, 0.717) is 73.4 Å². The van der Waals surface area contributed by atoms with Gasteiger partial charge in [-0.15, -0.1) is 0 Å². The lowest BCUT2D eigenvalue weighted by molar-refractivity contribution is -0.221. The van der Waals surface area contributed by atoms with E-state index < -0.39 is 21.2 Å². The van der Waals surface area contributed by atoms with Gasteiger partial charge in [-0.3, -0.25) is 4.79 Å². The molecule has 4 saturated carbocycles. The summed E-state index contributed by atoms with van der Waals surface area (Å²) in [6.45, 7) is 23.0. The molecule has 7 nitrogen and oxygen atoms in total. The Balaban J connectivity index is 1.13. The largest absolute Gasteiger partial charge is 0.480 e. The number of nitrogens with zero attached hydrogens (tertiary/aromatic N) is 2.